The number of rotatable bonds is 15. The lowest BCUT2D eigenvalue weighted by Gasteiger charge is -2.27. The van der Waals surface area contributed by atoms with Gasteiger partial charge in [0, 0.05) is 30.9 Å². The first-order valence-electron chi connectivity index (χ1n) is 15.4. The zero-order chi connectivity index (χ0) is 29.9. The van der Waals surface area contributed by atoms with Crippen molar-refractivity contribution in [2.24, 2.45) is 0 Å². The van der Waals surface area contributed by atoms with E-state index in [2.05, 4.69) is 27.7 Å². The summed E-state index contributed by atoms with van der Waals surface area (Å²) >= 11 is 0. The van der Waals surface area contributed by atoms with Crippen molar-refractivity contribution in [3.8, 4) is 11.5 Å². The summed E-state index contributed by atoms with van der Waals surface area (Å²) in [7, 11) is 0. The number of fused-ring (bicyclic) bond motifs is 2. The molecule has 9 nitrogen and oxygen atoms in total. The molecule has 2 unspecified atom stereocenters. The van der Waals surface area contributed by atoms with E-state index in [1.807, 2.05) is 54.6 Å². The summed E-state index contributed by atoms with van der Waals surface area (Å²) in [5.74, 6) is 0.800. The largest absolute Gasteiger partial charge is 0.493 e. The number of carboxylic acids is 1. The highest BCUT2D eigenvalue weighted by molar-refractivity contribution is 5.88. The number of nitrogens with one attached hydrogen (secondary N) is 2. The van der Waals surface area contributed by atoms with E-state index >= 15 is 0 Å². The van der Waals surface area contributed by atoms with Crippen molar-refractivity contribution in [3.63, 3.8) is 0 Å². The van der Waals surface area contributed by atoms with Gasteiger partial charge in [-0.2, -0.15) is 0 Å². The van der Waals surface area contributed by atoms with Crippen molar-refractivity contribution in [2.45, 2.75) is 56.9 Å². The average Bonchev–Trinajstić information content (AvgIpc) is 3.04. The molecule has 3 aromatic rings. The number of unbranched alkanes of at least 4 members (excludes halogenated alkanes) is 1. The number of carboxylic acid groups (broad SMARTS) is 1. The minimum atomic E-state index is -1.03. The number of anilines is 1. The Morgan fingerprint density at radius 3 is 2.74 bits per heavy atom. The molecule has 1 aromatic heterocycles. The molecule has 3 heterocycles. The minimum Gasteiger partial charge on any atom is -0.493 e. The van der Waals surface area contributed by atoms with Crippen LogP contribution in [0.4, 0.5) is 5.82 Å². The Balaban J connectivity index is 1.15. The molecule has 0 fully saturated rings. The van der Waals surface area contributed by atoms with Crippen LogP contribution in [0.15, 0.2) is 66.7 Å². The van der Waals surface area contributed by atoms with Crippen LogP contribution >= 0.6 is 0 Å². The van der Waals surface area contributed by atoms with E-state index in [-0.39, 0.29) is 5.91 Å². The van der Waals surface area contributed by atoms with E-state index in [0.29, 0.717) is 44.9 Å². The lowest BCUT2D eigenvalue weighted by Crippen LogP contribution is -2.46. The molecular weight excluding hydrogens is 544 g/mol. The Hall–Kier alpha value is -4.11. The van der Waals surface area contributed by atoms with Crippen molar-refractivity contribution in [1.29, 1.82) is 0 Å². The first-order valence-corrected chi connectivity index (χ1v) is 15.4. The maximum absolute atomic E-state index is 13.2. The molecule has 0 aliphatic carbocycles. The summed E-state index contributed by atoms with van der Waals surface area (Å²) in [5.41, 5.74) is 3.19. The van der Waals surface area contributed by atoms with Crippen LogP contribution in [0.2, 0.25) is 0 Å². The number of ether oxygens (including phenoxy) is 2. The monoisotopic (exact) mass is 586 g/mol. The SMILES string of the molecule is O=C(O)C(CCN(CCCCc1ccc2c(n1)NCCC2)CCOc1ccccc1)NC(=O)C1CCOc2ccccc21. The van der Waals surface area contributed by atoms with E-state index in [1.165, 1.54) is 5.56 Å². The molecule has 2 aliphatic heterocycles. The van der Waals surface area contributed by atoms with E-state index in [0.717, 1.165) is 68.0 Å². The Morgan fingerprint density at radius 2 is 1.88 bits per heavy atom. The number of nitrogens with zero attached hydrogens (tertiary/aromatic N) is 2. The molecule has 2 aromatic carbocycles. The number of benzene rings is 2. The Kier molecular flexibility index (Phi) is 10.9. The quantitative estimate of drug-likeness (QED) is 0.220. The molecule has 2 aliphatic rings. The van der Waals surface area contributed by atoms with Crippen LogP contribution in [0.5, 0.6) is 11.5 Å². The van der Waals surface area contributed by atoms with Gasteiger partial charge in [-0.15, -0.1) is 0 Å². The first kappa shape index (κ1) is 30.4. The molecular formula is C34H42N4O5. The van der Waals surface area contributed by atoms with Crippen LogP contribution in [0.25, 0.3) is 0 Å². The van der Waals surface area contributed by atoms with Gasteiger partial charge in [-0.25, -0.2) is 9.78 Å². The Morgan fingerprint density at radius 1 is 1.05 bits per heavy atom. The van der Waals surface area contributed by atoms with Crippen molar-refractivity contribution >= 4 is 17.7 Å². The summed E-state index contributed by atoms with van der Waals surface area (Å²) in [6, 6.07) is 20.5. The zero-order valence-corrected chi connectivity index (χ0v) is 24.7. The van der Waals surface area contributed by atoms with Gasteiger partial charge in [0.2, 0.25) is 5.91 Å². The van der Waals surface area contributed by atoms with Crippen LogP contribution in [-0.2, 0) is 22.4 Å². The van der Waals surface area contributed by atoms with Crippen molar-refractivity contribution in [1.82, 2.24) is 15.2 Å². The molecule has 3 N–H and O–H groups in total. The average molecular weight is 587 g/mol. The number of hydrogen-bond acceptors (Lipinski definition) is 7. The molecule has 0 saturated carbocycles. The zero-order valence-electron chi connectivity index (χ0n) is 24.7. The Labute approximate surface area is 253 Å². The van der Waals surface area contributed by atoms with Gasteiger partial charge in [0.25, 0.3) is 0 Å². The maximum atomic E-state index is 13.2. The highest BCUT2D eigenvalue weighted by atomic mass is 16.5. The first-order chi connectivity index (χ1) is 21.1. The van der Waals surface area contributed by atoms with Gasteiger partial charge in [0.05, 0.1) is 12.5 Å². The molecule has 5 rings (SSSR count). The number of carbonyl (C=O) groups is 2. The van der Waals surface area contributed by atoms with E-state index < -0.39 is 17.9 Å². The molecule has 0 saturated heterocycles. The number of aromatic nitrogens is 1. The third-order valence-electron chi connectivity index (χ3n) is 8.15. The van der Waals surface area contributed by atoms with Crippen LogP contribution in [-0.4, -0.2) is 72.3 Å². The number of aliphatic carboxylic acids is 1. The number of pyridine rings is 1. The second kappa shape index (κ2) is 15.4. The smallest absolute Gasteiger partial charge is 0.326 e. The van der Waals surface area contributed by atoms with Crippen molar-refractivity contribution in [3.05, 3.63) is 83.6 Å². The molecule has 1 amide bonds. The Bertz CT molecular complexity index is 1350. The fourth-order valence-corrected chi connectivity index (χ4v) is 5.75. The third kappa shape index (κ3) is 8.70. The summed E-state index contributed by atoms with van der Waals surface area (Å²) in [6.45, 7) is 3.88. The number of carbonyl (C=O) groups excluding carboxylic acids is 1. The molecule has 9 heteroatoms. The molecule has 228 valence electrons. The second-order valence-corrected chi connectivity index (χ2v) is 11.2. The van der Waals surface area contributed by atoms with Gasteiger partial charge in [0.1, 0.15) is 30.0 Å². The fourth-order valence-electron chi connectivity index (χ4n) is 5.75. The van der Waals surface area contributed by atoms with Crippen LogP contribution < -0.4 is 20.1 Å². The predicted molar refractivity (Wildman–Crippen MR) is 166 cm³/mol. The van der Waals surface area contributed by atoms with Crippen LogP contribution in [0.3, 0.4) is 0 Å². The van der Waals surface area contributed by atoms with E-state index in [9.17, 15) is 14.7 Å². The van der Waals surface area contributed by atoms with Gasteiger partial charge < -0.3 is 25.2 Å². The minimum absolute atomic E-state index is 0.269. The topological polar surface area (TPSA) is 113 Å². The van der Waals surface area contributed by atoms with Crippen LogP contribution in [0, 0.1) is 0 Å². The third-order valence-corrected chi connectivity index (χ3v) is 8.15. The standard InChI is InChI=1S/C34H42N4O5/c39-33(29-18-23-43-31-14-5-4-13-28(29)31)37-30(34(40)41)17-21-38(22-24-42-27-11-2-1-3-12-27)20-7-6-10-26-16-15-25-9-8-19-35-32(25)36-26/h1-5,11-16,29-30H,6-10,17-24H2,(H,35,36)(H,37,39)(H,40,41). The summed E-state index contributed by atoms with van der Waals surface area (Å²) < 4.78 is 11.6. The number of para-hydroxylation sites is 2. The van der Waals surface area contributed by atoms with Gasteiger partial charge in [-0.3, -0.25) is 9.69 Å². The van der Waals surface area contributed by atoms with E-state index in [4.69, 9.17) is 14.5 Å². The number of amides is 1. The lowest BCUT2D eigenvalue weighted by atomic mass is 9.92. The van der Waals surface area contributed by atoms with Gasteiger partial charge in [-0.05, 0) is 81.3 Å². The van der Waals surface area contributed by atoms with Gasteiger partial charge in [-0.1, -0.05) is 42.5 Å². The predicted octanol–water partition coefficient (Wildman–Crippen LogP) is 4.67. The normalized spacial score (nSPS) is 16.3. The van der Waals surface area contributed by atoms with E-state index in [1.54, 1.807) is 0 Å². The van der Waals surface area contributed by atoms with Gasteiger partial charge in [0.15, 0.2) is 0 Å². The molecule has 2 atom stereocenters. The summed E-state index contributed by atoms with van der Waals surface area (Å²) in [6.07, 6.45) is 5.86. The summed E-state index contributed by atoms with van der Waals surface area (Å²) in [4.78, 5) is 32.5. The highest BCUT2D eigenvalue weighted by Gasteiger charge is 2.30. The second-order valence-electron chi connectivity index (χ2n) is 11.2. The fraction of sp³-hybridized carbons (Fsp3) is 0.441. The van der Waals surface area contributed by atoms with Gasteiger partial charge >= 0.3 is 5.97 Å². The summed E-state index contributed by atoms with van der Waals surface area (Å²) in [5, 5.41) is 16.2. The molecule has 0 radical (unpaired) electrons. The van der Waals surface area contributed by atoms with Crippen molar-refractivity contribution in [2.75, 3.05) is 44.7 Å². The van der Waals surface area contributed by atoms with Crippen LogP contribution in [0.1, 0.15) is 54.8 Å². The molecule has 0 spiro atoms. The maximum Gasteiger partial charge on any atom is 0.326 e. The number of aryl methyl sites for hydroxylation is 2. The lowest BCUT2D eigenvalue weighted by molar-refractivity contribution is -0.142. The van der Waals surface area contributed by atoms with Crippen molar-refractivity contribution < 1.29 is 24.2 Å². The molecule has 0 bridgehead atoms. The highest BCUT2D eigenvalue weighted by Crippen LogP contribution is 2.33. The molecule has 43 heavy (non-hydrogen) atoms. The number of hydrogen-bond donors (Lipinski definition) is 3.